The molecule has 1 unspecified atom stereocenters. The van der Waals surface area contributed by atoms with Crippen molar-refractivity contribution >= 4 is 49.1 Å². The predicted molar refractivity (Wildman–Crippen MR) is 109 cm³/mol. The van der Waals surface area contributed by atoms with Crippen LogP contribution >= 0.6 is 38.9 Å². The Balaban J connectivity index is 2.27. The number of aliphatic hydroxyl groups excluding tert-OH is 1. The molecule has 0 spiro atoms. The van der Waals surface area contributed by atoms with E-state index in [2.05, 4.69) is 15.9 Å². The second-order valence-corrected chi connectivity index (χ2v) is 8.83. The molecule has 0 bridgehead atoms. The molecule has 26 heavy (non-hydrogen) atoms. The molecule has 5 nitrogen and oxygen atoms in total. The lowest BCUT2D eigenvalue weighted by Crippen LogP contribution is -2.39. The minimum atomic E-state index is -1.000. The molecule has 1 atom stereocenters. The Morgan fingerprint density at radius 2 is 1.92 bits per heavy atom. The summed E-state index contributed by atoms with van der Waals surface area (Å²) >= 11 is 10.7. The summed E-state index contributed by atoms with van der Waals surface area (Å²) in [7, 11) is 1.65. The number of aromatic nitrogens is 2. The Hall–Kier alpha value is -1.41. The molecule has 0 aliphatic carbocycles. The number of hydrogen-bond acceptors (Lipinski definition) is 4. The topological polar surface area (TPSA) is 64.2 Å². The second kappa shape index (κ2) is 7.68. The number of benzene rings is 1. The molecule has 3 aromatic rings. The van der Waals surface area contributed by atoms with Gasteiger partial charge in [0.15, 0.2) is 0 Å². The highest BCUT2D eigenvalue weighted by Gasteiger charge is 2.25. The van der Waals surface area contributed by atoms with E-state index < -0.39 is 6.10 Å². The molecule has 0 amide bonds. The summed E-state index contributed by atoms with van der Waals surface area (Å²) < 4.78 is 3.36. The smallest absolute Gasteiger partial charge is 0.331 e. The molecule has 0 saturated heterocycles. The Morgan fingerprint density at radius 3 is 2.54 bits per heavy atom. The highest BCUT2D eigenvalue weighted by Crippen LogP contribution is 2.39. The molecule has 2 heterocycles. The molecule has 1 N–H and O–H groups in total. The summed E-state index contributed by atoms with van der Waals surface area (Å²) in [6.07, 6.45) is 0.614. The van der Waals surface area contributed by atoms with E-state index in [9.17, 15) is 14.7 Å². The van der Waals surface area contributed by atoms with Crippen molar-refractivity contribution in [2.24, 2.45) is 7.05 Å². The van der Waals surface area contributed by atoms with Crippen molar-refractivity contribution in [1.82, 2.24) is 9.13 Å². The second-order valence-electron chi connectivity index (χ2n) is 6.08. The molecule has 0 aliphatic rings. The van der Waals surface area contributed by atoms with Crippen molar-refractivity contribution in [2.45, 2.75) is 32.4 Å². The van der Waals surface area contributed by atoms with Crippen LogP contribution in [0.1, 0.15) is 37.0 Å². The molecule has 0 saturated carbocycles. The number of unbranched alkanes of at least 4 members (excludes halogenated alkanes) is 1. The van der Waals surface area contributed by atoms with Gasteiger partial charge in [-0.25, -0.2) is 4.79 Å². The third kappa shape index (κ3) is 3.29. The first-order chi connectivity index (χ1) is 12.4. The van der Waals surface area contributed by atoms with Crippen LogP contribution < -0.4 is 11.2 Å². The molecule has 0 fully saturated rings. The van der Waals surface area contributed by atoms with E-state index >= 15 is 0 Å². The molecule has 0 aliphatic heterocycles. The Labute approximate surface area is 167 Å². The van der Waals surface area contributed by atoms with Crippen molar-refractivity contribution in [3.8, 4) is 0 Å². The Kier molecular flexibility index (Phi) is 5.72. The van der Waals surface area contributed by atoms with Crippen LogP contribution in [0, 0.1) is 0 Å². The fourth-order valence-corrected chi connectivity index (χ4v) is 4.92. The first-order valence-electron chi connectivity index (χ1n) is 8.22. The van der Waals surface area contributed by atoms with E-state index in [4.69, 9.17) is 11.6 Å². The van der Waals surface area contributed by atoms with Crippen LogP contribution in [-0.2, 0) is 13.6 Å². The fraction of sp³-hybridized carbons (Fsp3) is 0.333. The van der Waals surface area contributed by atoms with E-state index in [-0.39, 0.29) is 11.2 Å². The average Bonchev–Trinajstić information content (AvgIpc) is 2.97. The van der Waals surface area contributed by atoms with Crippen molar-refractivity contribution in [1.29, 1.82) is 0 Å². The third-order valence-corrected chi connectivity index (χ3v) is 6.59. The van der Waals surface area contributed by atoms with Crippen LogP contribution in [0.4, 0.5) is 0 Å². The molecule has 2 aromatic heterocycles. The number of rotatable bonds is 5. The van der Waals surface area contributed by atoms with Gasteiger partial charge in [-0.05, 0) is 40.0 Å². The van der Waals surface area contributed by atoms with Gasteiger partial charge >= 0.3 is 5.69 Å². The first kappa shape index (κ1) is 19.4. The number of thiophene rings is 1. The molecular weight excluding hydrogens is 440 g/mol. The quantitative estimate of drug-likeness (QED) is 0.628. The number of nitrogens with zero attached hydrogens (tertiary/aromatic N) is 2. The SMILES string of the molecule is CCCCn1c(=O)c2c(C(O)c3ccc(Cl)cc3)c(Br)sc2n(C)c1=O. The van der Waals surface area contributed by atoms with Crippen LogP contribution in [0.5, 0.6) is 0 Å². The van der Waals surface area contributed by atoms with Crippen molar-refractivity contribution in [3.63, 3.8) is 0 Å². The predicted octanol–water partition coefficient (Wildman–Crippen LogP) is 4.06. The van der Waals surface area contributed by atoms with E-state index in [0.717, 1.165) is 12.8 Å². The van der Waals surface area contributed by atoms with Crippen LogP contribution in [-0.4, -0.2) is 14.2 Å². The van der Waals surface area contributed by atoms with E-state index in [0.29, 0.717) is 36.7 Å². The highest BCUT2D eigenvalue weighted by molar-refractivity contribution is 9.11. The van der Waals surface area contributed by atoms with Gasteiger partial charge in [-0.1, -0.05) is 37.1 Å². The number of halogens is 2. The van der Waals surface area contributed by atoms with Crippen molar-refractivity contribution in [2.75, 3.05) is 0 Å². The normalized spacial score (nSPS) is 12.7. The number of hydrogen-bond donors (Lipinski definition) is 1. The molecule has 1 aromatic carbocycles. The lowest BCUT2D eigenvalue weighted by Gasteiger charge is -2.13. The van der Waals surface area contributed by atoms with Gasteiger partial charge in [-0.15, -0.1) is 11.3 Å². The van der Waals surface area contributed by atoms with Crippen molar-refractivity contribution in [3.05, 3.63) is 65.0 Å². The van der Waals surface area contributed by atoms with Gasteiger partial charge in [0.1, 0.15) is 10.9 Å². The van der Waals surface area contributed by atoms with Crippen LogP contribution in [0.3, 0.4) is 0 Å². The van der Waals surface area contributed by atoms with Gasteiger partial charge in [-0.3, -0.25) is 13.9 Å². The zero-order chi connectivity index (χ0) is 19.0. The summed E-state index contributed by atoms with van der Waals surface area (Å²) in [6.45, 7) is 2.37. The monoisotopic (exact) mass is 456 g/mol. The first-order valence-corrected chi connectivity index (χ1v) is 10.2. The lowest BCUT2D eigenvalue weighted by molar-refractivity contribution is 0.221. The summed E-state index contributed by atoms with van der Waals surface area (Å²) in [5, 5.41) is 11.8. The molecule has 3 rings (SSSR count). The van der Waals surface area contributed by atoms with Crippen LogP contribution in [0.2, 0.25) is 5.02 Å². The van der Waals surface area contributed by atoms with Gasteiger partial charge in [-0.2, -0.15) is 0 Å². The van der Waals surface area contributed by atoms with Gasteiger partial charge in [0, 0.05) is 24.2 Å². The molecule has 8 heteroatoms. The van der Waals surface area contributed by atoms with E-state index in [1.54, 1.807) is 31.3 Å². The fourth-order valence-electron chi connectivity index (χ4n) is 2.91. The Morgan fingerprint density at radius 1 is 1.27 bits per heavy atom. The maximum absolute atomic E-state index is 13.0. The molecular formula is C18H18BrClN2O3S. The lowest BCUT2D eigenvalue weighted by atomic mass is 10.0. The van der Waals surface area contributed by atoms with Gasteiger partial charge in [0.2, 0.25) is 0 Å². The number of aryl methyl sites for hydroxylation is 1. The Bertz CT molecular complexity index is 1070. The maximum atomic E-state index is 13.0. The minimum absolute atomic E-state index is 0.336. The average molecular weight is 458 g/mol. The summed E-state index contributed by atoms with van der Waals surface area (Å²) in [5.74, 6) is 0. The number of aliphatic hydroxyl groups is 1. The summed E-state index contributed by atoms with van der Waals surface area (Å²) in [4.78, 5) is 26.1. The summed E-state index contributed by atoms with van der Waals surface area (Å²) in [6, 6.07) is 6.83. The minimum Gasteiger partial charge on any atom is -0.384 e. The standard InChI is InChI=1S/C18H18BrClN2O3S/c1-3-4-9-22-16(24)13-12(14(23)10-5-7-11(20)8-6-10)15(19)26-17(13)21(2)18(22)25/h5-8,14,23H,3-4,9H2,1-2H3. The zero-order valence-electron chi connectivity index (χ0n) is 14.3. The summed E-state index contributed by atoms with van der Waals surface area (Å²) in [5.41, 5.74) is 0.417. The van der Waals surface area contributed by atoms with Gasteiger partial charge < -0.3 is 5.11 Å². The van der Waals surface area contributed by atoms with E-state index in [1.165, 1.54) is 20.5 Å². The third-order valence-electron chi connectivity index (χ3n) is 4.36. The molecule has 138 valence electrons. The largest absolute Gasteiger partial charge is 0.384 e. The van der Waals surface area contributed by atoms with Gasteiger partial charge in [0.25, 0.3) is 5.56 Å². The number of fused-ring (bicyclic) bond motifs is 1. The van der Waals surface area contributed by atoms with Crippen LogP contribution in [0.15, 0.2) is 37.6 Å². The van der Waals surface area contributed by atoms with Crippen molar-refractivity contribution < 1.29 is 5.11 Å². The molecule has 0 radical (unpaired) electrons. The van der Waals surface area contributed by atoms with Gasteiger partial charge in [0.05, 0.1) is 9.17 Å². The van der Waals surface area contributed by atoms with Crippen LogP contribution in [0.25, 0.3) is 10.2 Å². The maximum Gasteiger partial charge on any atom is 0.331 e. The zero-order valence-corrected chi connectivity index (χ0v) is 17.5. The highest BCUT2D eigenvalue weighted by atomic mass is 79.9. The van der Waals surface area contributed by atoms with E-state index in [1.807, 2.05) is 6.92 Å².